The second-order valence-corrected chi connectivity index (χ2v) is 6.93. The van der Waals surface area contributed by atoms with Gasteiger partial charge in [-0.25, -0.2) is 0 Å². The molecule has 3 aromatic carbocycles. The van der Waals surface area contributed by atoms with E-state index in [9.17, 15) is 4.79 Å². The van der Waals surface area contributed by atoms with Crippen LogP contribution in [0.1, 0.15) is 5.56 Å². The summed E-state index contributed by atoms with van der Waals surface area (Å²) in [5, 5.41) is 5.13. The van der Waals surface area contributed by atoms with Gasteiger partial charge < -0.3 is 14.8 Å². The van der Waals surface area contributed by atoms with Crippen LogP contribution < -0.4 is 10.1 Å². The van der Waals surface area contributed by atoms with E-state index in [0.29, 0.717) is 5.75 Å². The number of rotatable bonds is 6. The van der Waals surface area contributed by atoms with E-state index < -0.39 is 0 Å². The highest BCUT2D eigenvalue weighted by Gasteiger charge is 2.11. The first-order chi connectivity index (χ1) is 13.8. The summed E-state index contributed by atoms with van der Waals surface area (Å²) in [5.74, 6) is 0.517. The van der Waals surface area contributed by atoms with Crippen molar-refractivity contribution in [2.24, 2.45) is 0 Å². The van der Waals surface area contributed by atoms with Gasteiger partial charge in [0.25, 0.3) is 5.91 Å². The van der Waals surface area contributed by atoms with Crippen LogP contribution in [0.15, 0.2) is 66.7 Å². The molecule has 0 aliphatic carbocycles. The van der Waals surface area contributed by atoms with Crippen LogP contribution in [-0.2, 0) is 16.1 Å². The molecule has 1 aliphatic rings. The van der Waals surface area contributed by atoms with Crippen LogP contribution in [0.5, 0.6) is 5.75 Å². The summed E-state index contributed by atoms with van der Waals surface area (Å²) in [6.07, 6.45) is 0. The minimum atomic E-state index is -0.172. The van der Waals surface area contributed by atoms with Crippen LogP contribution in [0.2, 0.25) is 0 Å². The molecular formula is C23H24N2O3. The molecule has 0 spiro atoms. The average Bonchev–Trinajstić information content (AvgIpc) is 2.74. The van der Waals surface area contributed by atoms with E-state index in [-0.39, 0.29) is 12.5 Å². The Morgan fingerprint density at radius 2 is 1.71 bits per heavy atom. The van der Waals surface area contributed by atoms with Crippen LogP contribution in [0.25, 0.3) is 10.8 Å². The molecule has 5 nitrogen and oxygen atoms in total. The largest absolute Gasteiger partial charge is 0.484 e. The maximum absolute atomic E-state index is 12.2. The highest BCUT2D eigenvalue weighted by molar-refractivity contribution is 5.92. The highest BCUT2D eigenvalue weighted by atomic mass is 16.5. The maximum atomic E-state index is 12.2. The van der Waals surface area contributed by atoms with Crippen LogP contribution >= 0.6 is 0 Å². The Morgan fingerprint density at radius 3 is 2.50 bits per heavy atom. The lowest BCUT2D eigenvalue weighted by atomic mass is 10.1. The molecule has 0 unspecified atom stereocenters. The number of nitrogens with zero attached hydrogens (tertiary/aromatic N) is 1. The van der Waals surface area contributed by atoms with Gasteiger partial charge in [-0.1, -0.05) is 42.5 Å². The summed E-state index contributed by atoms with van der Waals surface area (Å²) >= 11 is 0. The molecule has 1 amide bonds. The van der Waals surface area contributed by atoms with E-state index in [1.54, 1.807) is 0 Å². The molecule has 0 atom stereocenters. The van der Waals surface area contributed by atoms with Gasteiger partial charge in [0, 0.05) is 25.3 Å². The van der Waals surface area contributed by atoms with Crippen molar-refractivity contribution in [1.29, 1.82) is 0 Å². The monoisotopic (exact) mass is 376 g/mol. The Morgan fingerprint density at radius 1 is 0.964 bits per heavy atom. The Hall–Kier alpha value is -2.89. The number of hydrogen-bond donors (Lipinski definition) is 1. The zero-order valence-corrected chi connectivity index (χ0v) is 15.8. The fraction of sp³-hybridized carbons (Fsp3) is 0.261. The number of nitrogens with one attached hydrogen (secondary N) is 1. The molecule has 144 valence electrons. The smallest absolute Gasteiger partial charge is 0.262 e. The van der Waals surface area contributed by atoms with Crippen molar-refractivity contribution in [2.75, 3.05) is 38.2 Å². The minimum Gasteiger partial charge on any atom is -0.484 e. The Balaban J connectivity index is 1.28. The number of benzene rings is 3. The number of amides is 1. The first kappa shape index (κ1) is 18.5. The summed E-state index contributed by atoms with van der Waals surface area (Å²) in [6.45, 7) is 4.41. The Labute approximate surface area is 164 Å². The van der Waals surface area contributed by atoms with E-state index in [1.807, 2.05) is 48.5 Å². The summed E-state index contributed by atoms with van der Waals surface area (Å²) in [4.78, 5) is 14.6. The van der Waals surface area contributed by atoms with Gasteiger partial charge in [0.15, 0.2) is 6.61 Å². The molecule has 1 fully saturated rings. The lowest BCUT2D eigenvalue weighted by Crippen LogP contribution is -2.35. The van der Waals surface area contributed by atoms with Crippen molar-refractivity contribution in [1.82, 2.24) is 4.90 Å². The fourth-order valence-electron chi connectivity index (χ4n) is 3.31. The van der Waals surface area contributed by atoms with Crippen molar-refractivity contribution in [3.63, 3.8) is 0 Å². The zero-order chi connectivity index (χ0) is 19.2. The SMILES string of the molecule is O=C(COc1ccc2ccccc2c1)Nc1ccc(CN2CCOCC2)cc1. The van der Waals surface area contributed by atoms with Gasteiger partial charge in [-0.3, -0.25) is 9.69 Å². The van der Waals surface area contributed by atoms with Crippen LogP contribution in [0.3, 0.4) is 0 Å². The van der Waals surface area contributed by atoms with Crippen molar-refractivity contribution in [3.8, 4) is 5.75 Å². The molecular weight excluding hydrogens is 352 g/mol. The Kier molecular flexibility index (Phi) is 5.85. The third-order valence-electron chi connectivity index (χ3n) is 4.84. The van der Waals surface area contributed by atoms with Gasteiger partial charge in [-0.2, -0.15) is 0 Å². The van der Waals surface area contributed by atoms with Crippen LogP contribution in [-0.4, -0.2) is 43.7 Å². The van der Waals surface area contributed by atoms with Gasteiger partial charge in [0.2, 0.25) is 0 Å². The maximum Gasteiger partial charge on any atom is 0.262 e. The van der Waals surface area contributed by atoms with Crippen molar-refractivity contribution in [3.05, 3.63) is 72.3 Å². The highest BCUT2D eigenvalue weighted by Crippen LogP contribution is 2.20. The molecule has 1 N–H and O–H groups in total. The number of hydrogen-bond acceptors (Lipinski definition) is 4. The van der Waals surface area contributed by atoms with Gasteiger partial charge in [0.1, 0.15) is 5.75 Å². The predicted octanol–water partition coefficient (Wildman–Crippen LogP) is 3.69. The van der Waals surface area contributed by atoms with Crippen molar-refractivity contribution >= 4 is 22.4 Å². The predicted molar refractivity (Wildman–Crippen MR) is 111 cm³/mol. The molecule has 1 aliphatic heterocycles. The molecule has 28 heavy (non-hydrogen) atoms. The molecule has 0 saturated carbocycles. The van der Waals surface area contributed by atoms with Gasteiger partial charge >= 0.3 is 0 Å². The summed E-state index contributed by atoms with van der Waals surface area (Å²) < 4.78 is 11.0. The number of anilines is 1. The average molecular weight is 376 g/mol. The molecule has 3 aromatic rings. The fourth-order valence-corrected chi connectivity index (χ4v) is 3.31. The van der Waals surface area contributed by atoms with E-state index in [4.69, 9.17) is 9.47 Å². The minimum absolute atomic E-state index is 0.0200. The summed E-state index contributed by atoms with van der Waals surface area (Å²) in [6, 6.07) is 21.9. The molecule has 0 radical (unpaired) electrons. The number of morpholine rings is 1. The lowest BCUT2D eigenvalue weighted by Gasteiger charge is -2.26. The first-order valence-corrected chi connectivity index (χ1v) is 9.57. The van der Waals surface area contributed by atoms with Gasteiger partial charge in [0.05, 0.1) is 13.2 Å². The van der Waals surface area contributed by atoms with Crippen molar-refractivity contribution < 1.29 is 14.3 Å². The number of ether oxygens (including phenoxy) is 2. The third kappa shape index (κ3) is 4.88. The zero-order valence-electron chi connectivity index (χ0n) is 15.8. The normalized spacial score (nSPS) is 14.7. The summed E-state index contributed by atoms with van der Waals surface area (Å²) in [5.41, 5.74) is 2.00. The van der Waals surface area contributed by atoms with Crippen molar-refractivity contribution in [2.45, 2.75) is 6.54 Å². The molecule has 4 rings (SSSR count). The van der Waals surface area contributed by atoms with Crippen LogP contribution in [0, 0.1) is 0 Å². The molecule has 0 aromatic heterocycles. The molecule has 1 heterocycles. The quantitative estimate of drug-likeness (QED) is 0.713. The number of fused-ring (bicyclic) bond motifs is 1. The van der Waals surface area contributed by atoms with Crippen LogP contribution in [0.4, 0.5) is 5.69 Å². The van der Waals surface area contributed by atoms with Gasteiger partial charge in [-0.05, 0) is 40.6 Å². The Bertz CT molecular complexity index is 934. The van der Waals surface area contributed by atoms with E-state index in [1.165, 1.54) is 5.56 Å². The second kappa shape index (κ2) is 8.87. The van der Waals surface area contributed by atoms with E-state index >= 15 is 0 Å². The van der Waals surface area contributed by atoms with E-state index in [2.05, 4.69) is 28.4 Å². The lowest BCUT2D eigenvalue weighted by molar-refractivity contribution is -0.118. The number of carbonyl (C=O) groups excluding carboxylic acids is 1. The number of carbonyl (C=O) groups is 1. The molecule has 1 saturated heterocycles. The standard InChI is InChI=1S/C23H24N2O3/c26-23(17-28-22-10-7-19-3-1-2-4-20(19)15-22)24-21-8-5-18(6-9-21)16-25-11-13-27-14-12-25/h1-10,15H,11-14,16-17H2,(H,24,26). The third-order valence-corrected chi connectivity index (χ3v) is 4.84. The first-order valence-electron chi connectivity index (χ1n) is 9.57. The van der Waals surface area contributed by atoms with E-state index in [0.717, 1.165) is 49.3 Å². The second-order valence-electron chi connectivity index (χ2n) is 6.93. The topological polar surface area (TPSA) is 50.8 Å². The molecule has 5 heteroatoms. The molecule has 0 bridgehead atoms. The summed E-state index contributed by atoms with van der Waals surface area (Å²) in [7, 11) is 0. The van der Waals surface area contributed by atoms with Gasteiger partial charge in [-0.15, -0.1) is 0 Å².